The summed E-state index contributed by atoms with van der Waals surface area (Å²) in [5.74, 6) is 1.42. The smallest absolute Gasteiger partial charge is 0.252 e. The van der Waals surface area contributed by atoms with Crippen molar-refractivity contribution in [3.8, 4) is 22.3 Å². The molecule has 1 unspecified atom stereocenters. The van der Waals surface area contributed by atoms with E-state index in [-0.39, 0.29) is 39.2 Å². The summed E-state index contributed by atoms with van der Waals surface area (Å²) in [6, 6.07) is 59.8. The van der Waals surface area contributed by atoms with E-state index >= 15 is 0 Å². The van der Waals surface area contributed by atoms with E-state index in [4.69, 9.17) is 0 Å². The van der Waals surface area contributed by atoms with Gasteiger partial charge in [0.15, 0.2) is 0 Å². The van der Waals surface area contributed by atoms with Crippen molar-refractivity contribution in [2.75, 3.05) is 9.80 Å². The van der Waals surface area contributed by atoms with Crippen LogP contribution in [0.15, 0.2) is 152 Å². The summed E-state index contributed by atoms with van der Waals surface area (Å²) < 4.78 is 0. The summed E-state index contributed by atoms with van der Waals surface area (Å²) in [5, 5.41) is 0. The Morgan fingerprint density at radius 3 is 1.65 bits per heavy atom. The molecule has 2 aliphatic heterocycles. The van der Waals surface area contributed by atoms with Crippen molar-refractivity contribution in [1.82, 2.24) is 0 Å². The highest BCUT2D eigenvalue weighted by Crippen LogP contribution is 2.80. The quantitative estimate of drug-likeness (QED) is 0.160. The lowest BCUT2D eigenvalue weighted by molar-refractivity contribution is 0.0990. The van der Waals surface area contributed by atoms with Gasteiger partial charge in [0.05, 0.1) is 5.69 Å². The van der Waals surface area contributed by atoms with Crippen molar-refractivity contribution in [1.29, 1.82) is 0 Å². The number of anilines is 6. The van der Waals surface area contributed by atoms with Crippen LogP contribution in [0.3, 0.4) is 0 Å². The zero-order valence-electron chi connectivity index (χ0n) is 38.8. The van der Waals surface area contributed by atoms with E-state index in [9.17, 15) is 0 Å². The van der Waals surface area contributed by atoms with E-state index in [2.05, 4.69) is 203 Å². The predicted molar refractivity (Wildman–Crippen MR) is 271 cm³/mol. The van der Waals surface area contributed by atoms with Crippen molar-refractivity contribution in [2.45, 2.75) is 90.9 Å². The molecule has 7 aromatic carbocycles. The highest BCUT2D eigenvalue weighted by Gasteiger charge is 2.73. The fourth-order valence-electron chi connectivity index (χ4n) is 17.7. The molecule has 4 saturated carbocycles. The van der Waals surface area contributed by atoms with Gasteiger partial charge in [0.2, 0.25) is 0 Å². The van der Waals surface area contributed by atoms with E-state index in [0.29, 0.717) is 11.8 Å². The Morgan fingerprint density at radius 2 is 0.969 bits per heavy atom. The van der Waals surface area contributed by atoms with E-state index in [1.165, 1.54) is 111 Å². The summed E-state index contributed by atoms with van der Waals surface area (Å²) in [7, 11) is 0. The molecule has 6 aliphatic carbocycles. The first-order chi connectivity index (χ1) is 31.5. The van der Waals surface area contributed by atoms with E-state index in [0.717, 1.165) is 0 Å². The Morgan fingerprint density at radius 1 is 0.431 bits per heavy atom. The summed E-state index contributed by atoms with van der Waals surface area (Å²) in [6.07, 6.45) is 7.69. The molecule has 0 radical (unpaired) electrons. The van der Waals surface area contributed by atoms with Gasteiger partial charge in [0.1, 0.15) is 0 Å². The van der Waals surface area contributed by atoms with Gasteiger partial charge in [-0.15, -0.1) is 0 Å². The molecule has 0 saturated heterocycles. The maximum Gasteiger partial charge on any atom is 0.252 e. The average molecular weight is 841 g/mol. The fraction of sp³-hybridized carbons (Fsp3) is 0.323. The molecule has 4 bridgehead atoms. The highest BCUT2D eigenvalue weighted by molar-refractivity contribution is 7.00. The monoisotopic (exact) mass is 840 g/mol. The number of rotatable bonds is 2. The van der Waals surface area contributed by atoms with Crippen LogP contribution in [0.2, 0.25) is 0 Å². The summed E-state index contributed by atoms with van der Waals surface area (Å²) in [6.45, 7) is 15.8. The molecule has 2 nitrogen and oxygen atoms in total. The predicted octanol–water partition coefficient (Wildman–Crippen LogP) is 14.0. The zero-order valence-corrected chi connectivity index (χ0v) is 38.8. The Labute approximate surface area is 385 Å². The van der Waals surface area contributed by atoms with E-state index in [1.54, 1.807) is 22.3 Å². The molecule has 0 aromatic heterocycles. The Bertz CT molecular complexity index is 3270. The molecule has 2 spiro atoms. The first-order valence-corrected chi connectivity index (χ1v) is 24.9. The van der Waals surface area contributed by atoms with Crippen LogP contribution in [0, 0.1) is 33.5 Å². The maximum absolute atomic E-state index is 2.79. The normalized spacial score (nSPS) is 30.0. The second kappa shape index (κ2) is 11.8. The van der Waals surface area contributed by atoms with Crippen molar-refractivity contribution in [2.24, 2.45) is 33.5 Å². The van der Waals surface area contributed by atoms with Crippen LogP contribution < -0.4 is 26.2 Å². The molecule has 2 heterocycles. The third-order valence-electron chi connectivity index (χ3n) is 21.4. The molecule has 4 fully saturated rings. The van der Waals surface area contributed by atoms with Gasteiger partial charge in [-0.25, -0.2) is 0 Å². The lowest BCUT2D eigenvalue weighted by Gasteiger charge is -2.49. The molecule has 318 valence electrons. The van der Waals surface area contributed by atoms with E-state index < -0.39 is 0 Å². The first kappa shape index (κ1) is 37.4. The molecule has 0 amide bonds. The topological polar surface area (TPSA) is 6.48 Å². The Kier molecular flexibility index (Phi) is 6.78. The minimum atomic E-state index is -0.0292. The Hall–Kier alpha value is -5.80. The largest absolute Gasteiger partial charge is 0.311 e. The lowest BCUT2D eigenvalue weighted by atomic mass is 9.33. The van der Waals surface area contributed by atoms with Crippen molar-refractivity contribution in [3.05, 3.63) is 174 Å². The second-order valence-corrected chi connectivity index (χ2v) is 23.3. The fourth-order valence-corrected chi connectivity index (χ4v) is 17.7. The van der Waals surface area contributed by atoms with Gasteiger partial charge in [-0.3, -0.25) is 0 Å². The number of fused-ring (bicyclic) bond motifs is 20. The third-order valence-corrected chi connectivity index (χ3v) is 21.4. The number of hydrogen-bond donors (Lipinski definition) is 0. The number of nitrogens with zero attached hydrogens (tertiary/aromatic N) is 2. The van der Waals surface area contributed by atoms with Crippen LogP contribution in [0.5, 0.6) is 0 Å². The Balaban J connectivity index is 1.06. The van der Waals surface area contributed by atoms with Crippen LogP contribution >= 0.6 is 0 Å². The second-order valence-electron chi connectivity index (χ2n) is 23.3. The van der Waals surface area contributed by atoms with Crippen molar-refractivity contribution >= 4 is 57.2 Å². The van der Waals surface area contributed by atoms with Crippen molar-refractivity contribution in [3.63, 3.8) is 0 Å². The molecular weight excluding hydrogens is 784 g/mol. The minimum absolute atomic E-state index is 0.0189. The number of para-hydroxylation sites is 2. The summed E-state index contributed by atoms with van der Waals surface area (Å²) in [4.78, 5) is 5.31. The molecular formula is C62H57BN2. The van der Waals surface area contributed by atoms with Crippen molar-refractivity contribution < 1.29 is 0 Å². The van der Waals surface area contributed by atoms with Crippen LogP contribution in [0.25, 0.3) is 22.3 Å². The summed E-state index contributed by atoms with van der Waals surface area (Å²) in [5.41, 5.74) is 24.8. The highest BCUT2D eigenvalue weighted by atomic mass is 15.2. The molecule has 15 rings (SSSR count). The van der Waals surface area contributed by atoms with Crippen LogP contribution in [0.1, 0.15) is 102 Å². The summed E-state index contributed by atoms with van der Waals surface area (Å²) >= 11 is 0. The zero-order chi connectivity index (χ0) is 43.6. The molecule has 7 aromatic rings. The van der Waals surface area contributed by atoms with E-state index in [1.807, 2.05) is 0 Å². The molecule has 8 aliphatic rings. The number of hydrogen-bond acceptors (Lipinski definition) is 2. The van der Waals surface area contributed by atoms with Gasteiger partial charge >= 0.3 is 0 Å². The maximum atomic E-state index is 2.79. The lowest BCUT2D eigenvalue weighted by Crippen LogP contribution is -2.61. The van der Waals surface area contributed by atoms with Gasteiger partial charge < -0.3 is 9.80 Å². The van der Waals surface area contributed by atoms with Crippen LogP contribution in [-0.2, 0) is 10.8 Å². The minimum Gasteiger partial charge on any atom is -0.311 e. The molecule has 0 N–H and O–H groups in total. The average Bonchev–Trinajstić information content (AvgIpc) is 4.02. The molecule has 3 heteroatoms. The van der Waals surface area contributed by atoms with Gasteiger partial charge in [-0.2, -0.15) is 0 Å². The van der Waals surface area contributed by atoms with Crippen LogP contribution in [0.4, 0.5) is 34.1 Å². The molecule has 6 atom stereocenters. The molecule has 65 heavy (non-hydrogen) atoms. The third kappa shape index (κ3) is 3.90. The standard InChI is InChI=1S/C62H57BN2/c1-57(2)38-30-32-59(57,5)61(36-38)45-23-13-11-21-42(45)55-46(61)24-16-27-51(55)65-53-29-17-28-52-56(53)63(48-25-14-15-26-50(48)64(52)40-18-8-7-9-19-40)49-35-47-43(34-54(49)65)41-20-10-12-22-44(41)62(47)37-39-31-33-60(62,6)58(39,3)4/h7-29,34-35,38-39H,30-33,36-37H2,1-6H3/t38-,39+,59?,60+,61+,62-/m0/s1. The van der Waals surface area contributed by atoms with Crippen LogP contribution in [-0.4, -0.2) is 6.71 Å². The van der Waals surface area contributed by atoms with Gasteiger partial charge in [-0.05, 0) is 170 Å². The van der Waals surface area contributed by atoms with Gasteiger partial charge in [0.25, 0.3) is 6.71 Å². The van der Waals surface area contributed by atoms with Gasteiger partial charge in [0, 0.05) is 44.8 Å². The van der Waals surface area contributed by atoms with Gasteiger partial charge in [-0.1, -0.05) is 151 Å². The number of benzene rings is 7. The SMILES string of the molecule is CC1(C)[C@H]2CCC1(C)[C@]1(C2)c2ccccc2-c2c(N3c4cc5c(cc4B4c6ccccc6N(c6ccccc6)c6cccc3c64)[C@]3(C[C@H]4CC[C@]3(C)C4(C)C)c3ccccc3-5)cccc21. The first-order valence-electron chi connectivity index (χ1n) is 24.9.